The van der Waals surface area contributed by atoms with Gasteiger partial charge in [-0.3, -0.25) is 0 Å². The summed E-state index contributed by atoms with van der Waals surface area (Å²) in [5.41, 5.74) is 2.94. The van der Waals surface area contributed by atoms with Crippen molar-refractivity contribution in [3.8, 4) is 0 Å². The zero-order valence-corrected chi connectivity index (χ0v) is 18.0. The highest BCUT2D eigenvalue weighted by atomic mass is 35.5. The SMILES string of the molecule is CCCCCCCCCCCCc1ccc(CC[n+]2ccccc2)cc1.[Cl-]. The lowest BCUT2D eigenvalue weighted by molar-refractivity contribution is -0.696. The first-order valence-electron chi connectivity index (χ1n) is 10.9. The standard InChI is InChI=1S/C25H38N.ClH/c1-2-3-4-5-6-7-8-9-10-12-15-24-16-18-25(19-17-24)20-23-26-21-13-11-14-22-26;/h11,13-14,16-19,21-22H,2-10,12,15,20,23H2,1H3;1H/q+1;/p-1. The van der Waals surface area contributed by atoms with Crippen LogP contribution in [0.15, 0.2) is 54.9 Å². The summed E-state index contributed by atoms with van der Waals surface area (Å²) in [7, 11) is 0. The van der Waals surface area contributed by atoms with Gasteiger partial charge in [0.15, 0.2) is 18.9 Å². The number of rotatable bonds is 14. The number of aryl methyl sites for hydroxylation is 3. The Morgan fingerprint density at radius 2 is 1.07 bits per heavy atom. The van der Waals surface area contributed by atoms with Gasteiger partial charge in [0.2, 0.25) is 0 Å². The second-order valence-electron chi connectivity index (χ2n) is 7.61. The van der Waals surface area contributed by atoms with Crippen LogP contribution in [-0.2, 0) is 19.4 Å². The molecule has 0 bridgehead atoms. The van der Waals surface area contributed by atoms with Crippen LogP contribution in [0.5, 0.6) is 0 Å². The number of benzene rings is 1. The molecule has 1 nitrogen and oxygen atoms in total. The molecule has 0 aliphatic carbocycles. The van der Waals surface area contributed by atoms with E-state index in [1.165, 1.54) is 81.8 Å². The van der Waals surface area contributed by atoms with Gasteiger partial charge in [-0.1, -0.05) is 95.0 Å². The Balaban J connectivity index is 0.00000364. The van der Waals surface area contributed by atoms with E-state index in [2.05, 4.69) is 66.3 Å². The minimum Gasteiger partial charge on any atom is -1.00 e. The van der Waals surface area contributed by atoms with Gasteiger partial charge < -0.3 is 12.4 Å². The number of halogens is 1. The first-order chi connectivity index (χ1) is 12.9. The number of nitrogens with zero attached hydrogens (tertiary/aromatic N) is 1. The number of pyridine rings is 1. The second kappa shape index (κ2) is 15.7. The van der Waals surface area contributed by atoms with Gasteiger partial charge in [-0.05, 0) is 24.0 Å². The molecule has 0 N–H and O–H groups in total. The first-order valence-corrected chi connectivity index (χ1v) is 10.9. The van der Waals surface area contributed by atoms with Gasteiger partial charge in [0.1, 0.15) is 0 Å². The molecular weight excluding hydrogens is 350 g/mol. The lowest BCUT2D eigenvalue weighted by Gasteiger charge is -2.04. The molecule has 0 atom stereocenters. The zero-order valence-electron chi connectivity index (χ0n) is 17.2. The molecule has 27 heavy (non-hydrogen) atoms. The maximum absolute atomic E-state index is 2.33. The monoisotopic (exact) mass is 387 g/mol. The Labute approximate surface area is 173 Å². The van der Waals surface area contributed by atoms with Crippen LogP contribution in [0, 0.1) is 0 Å². The van der Waals surface area contributed by atoms with Gasteiger partial charge in [-0.2, -0.15) is 0 Å². The van der Waals surface area contributed by atoms with E-state index in [-0.39, 0.29) is 12.4 Å². The van der Waals surface area contributed by atoms with Crippen LogP contribution in [0.25, 0.3) is 0 Å². The lowest BCUT2D eigenvalue weighted by atomic mass is 10.0. The lowest BCUT2D eigenvalue weighted by Crippen LogP contribution is -3.00. The third-order valence-corrected chi connectivity index (χ3v) is 5.28. The van der Waals surface area contributed by atoms with Gasteiger partial charge >= 0.3 is 0 Å². The quantitative estimate of drug-likeness (QED) is 0.344. The van der Waals surface area contributed by atoms with Crippen molar-refractivity contribution in [3.63, 3.8) is 0 Å². The zero-order chi connectivity index (χ0) is 18.3. The maximum atomic E-state index is 2.33. The molecule has 1 aromatic carbocycles. The summed E-state index contributed by atoms with van der Waals surface area (Å²) in [6.45, 7) is 3.34. The van der Waals surface area contributed by atoms with Crippen molar-refractivity contribution in [1.29, 1.82) is 0 Å². The van der Waals surface area contributed by atoms with Crippen molar-refractivity contribution in [1.82, 2.24) is 0 Å². The molecule has 1 heterocycles. The number of hydrogen-bond acceptors (Lipinski definition) is 0. The Morgan fingerprint density at radius 1 is 0.593 bits per heavy atom. The molecule has 0 spiro atoms. The maximum Gasteiger partial charge on any atom is 0.168 e. The molecule has 0 unspecified atom stereocenters. The normalized spacial score (nSPS) is 10.6. The van der Waals surface area contributed by atoms with Crippen LogP contribution in [0.1, 0.15) is 82.3 Å². The molecule has 2 heteroatoms. The van der Waals surface area contributed by atoms with Gasteiger partial charge in [-0.25, -0.2) is 4.57 Å². The fraction of sp³-hybridized carbons (Fsp3) is 0.560. The van der Waals surface area contributed by atoms with Crippen molar-refractivity contribution in [2.45, 2.75) is 90.5 Å². The van der Waals surface area contributed by atoms with Gasteiger partial charge in [0.25, 0.3) is 0 Å². The van der Waals surface area contributed by atoms with Crippen LogP contribution in [0.3, 0.4) is 0 Å². The molecule has 1 aromatic heterocycles. The van der Waals surface area contributed by atoms with E-state index in [1.807, 2.05) is 0 Å². The van der Waals surface area contributed by atoms with E-state index in [0.29, 0.717) is 0 Å². The Hall–Kier alpha value is -1.34. The summed E-state index contributed by atoms with van der Waals surface area (Å²) in [4.78, 5) is 0. The molecule has 0 saturated heterocycles. The summed E-state index contributed by atoms with van der Waals surface area (Å²) in [6, 6.07) is 15.5. The van der Waals surface area contributed by atoms with Crippen LogP contribution in [-0.4, -0.2) is 0 Å². The summed E-state index contributed by atoms with van der Waals surface area (Å²) in [6.07, 6.45) is 20.8. The van der Waals surface area contributed by atoms with Crippen LogP contribution < -0.4 is 17.0 Å². The molecule has 2 aromatic rings. The summed E-state index contributed by atoms with van der Waals surface area (Å²) < 4.78 is 2.25. The van der Waals surface area contributed by atoms with Crippen molar-refractivity contribution in [2.24, 2.45) is 0 Å². The van der Waals surface area contributed by atoms with Gasteiger partial charge in [0, 0.05) is 18.6 Å². The third kappa shape index (κ3) is 11.2. The predicted molar refractivity (Wildman–Crippen MR) is 112 cm³/mol. The molecule has 0 radical (unpaired) electrons. The largest absolute Gasteiger partial charge is 1.00 e. The Kier molecular flexibility index (Phi) is 13.8. The van der Waals surface area contributed by atoms with Crippen LogP contribution >= 0.6 is 0 Å². The Bertz CT molecular complexity index is 565. The van der Waals surface area contributed by atoms with Crippen molar-refractivity contribution >= 4 is 0 Å². The third-order valence-electron chi connectivity index (χ3n) is 5.28. The highest BCUT2D eigenvalue weighted by Crippen LogP contribution is 2.13. The minimum atomic E-state index is 0. The highest BCUT2D eigenvalue weighted by molar-refractivity contribution is 5.22. The second-order valence-corrected chi connectivity index (χ2v) is 7.61. The fourth-order valence-corrected chi connectivity index (χ4v) is 3.53. The van der Waals surface area contributed by atoms with Crippen LogP contribution in [0.2, 0.25) is 0 Å². The molecule has 0 fully saturated rings. The van der Waals surface area contributed by atoms with Gasteiger partial charge in [0.05, 0.1) is 0 Å². The average Bonchev–Trinajstić information content (AvgIpc) is 2.69. The molecule has 0 amide bonds. The highest BCUT2D eigenvalue weighted by Gasteiger charge is 2.01. The topological polar surface area (TPSA) is 3.88 Å². The molecule has 2 rings (SSSR count). The Morgan fingerprint density at radius 3 is 1.63 bits per heavy atom. The van der Waals surface area contributed by atoms with E-state index in [1.54, 1.807) is 0 Å². The summed E-state index contributed by atoms with van der Waals surface area (Å²) >= 11 is 0. The predicted octanol–water partition coefficient (Wildman–Crippen LogP) is 3.68. The van der Waals surface area contributed by atoms with Crippen molar-refractivity contribution in [2.75, 3.05) is 0 Å². The molecule has 150 valence electrons. The molecule has 0 aliphatic rings. The van der Waals surface area contributed by atoms with Crippen molar-refractivity contribution in [3.05, 3.63) is 66.0 Å². The summed E-state index contributed by atoms with van der Waals surface area (Å²) in [5.74, 6) is 0. The minimum absolute atomic E-state index is 0. The number of hydrogen-bond donors (Lipinski definition) is 0. The van der Waals surface area contributed by atoms with E-state index < -0.39 is 0 Å². The van der Waals surface area contributed by atoms with Crippen LogP contribution in [0.4, 0.5) is 0 Å². The fourth-order valence-electron chi connectivity index (χ4n) is 3.53. The summed E-state index contributed by atoms with van der Waals surface area (Å²) in [5, 5.41) is 0. The van der Waals surface area contributed by atoms with Gasteiger partial charge in [-0.15, -0.1) is 0 Å². The van der Waals surface area contributed by atoms with E-state index in [0.717, 1.165) is 13.0 Å². The molecule has 0 aliphatic heterocycles. The molecular formula is C25H38ClN. The van der Waals surface area contributed by atoms with Crippen molar-refractivity contribution < 1.29 is 17.0 Å². The number of unbranched alkanes of at least 4 members (excludes halogenated alkanes) is 9. The van der Waals surface area contributed by atoms with E-state index >= 15 is 0 Å². The van der Waals surface area contributed by atoms with E-state index in [9.17, 15) is 0 Å². The molecule has 0 saturated carbocycles. The first kappa shape index (κ1) is 23.7. The van der Waals surface area contributed by atoms with E-state index in [4.69, 9.17) is 0 Å². The average molecular weight is 388 g/mol. The smallest absolute Gasteiger partial charge is 0.168 e. The number of aromatic nitrogens is 1.